The van der Waals surface area contributed by atoms with E-state index in [-0.39, 0.29) is 18.0 Å². The number of carbonyl (C=O) groups is 1. The van der Waals surface area contributed by atoms with Crippen LogP contribution in [0.1, 0.15) is 21.5 Å². The number of amides is 1. The minimum Gasteiger partial charge on any atom is -0.350 e. The van der Waals surface area contributed by atoms with Crippen LogP contribution in [0.25, 0.3) is 16.8 Å². The predicted molar refractivity (Wildman–Crippen MR) is 113 cm³/mol. The summed E-state index contributed by atoms with van der Waals surface area (Å²) in [6.07, 6.45) is 3.37. The van der Waals surface area contributed by atoms with Gasteiger partial charge in [-0.1, -0.05) is 12.1 Å². The standard InChI is InChI=1S/C23H21FN4O2/c1-15-3-4-18(13-16(15)2)20-14-21-23(30)27(11-12-28(21)26-20)10-9-25-22(29)17-5-7-19(24)8-6-17/h3-8,11-14H,9-10H2,1-2H3,(H,25,29). The maximum absolute atomic E-state index is 13.0. The lowest BCUT2D eigenvalue weighted by molar-refractivity contribution is 0.0952. The van der Waals surface area contributed by atoms with Gasteiger partial charge in [-0.3, -0.25) is 9.59 Å². The third-order valence-corrected chi connectivity index (χ3v) is 5.15. The van der Waals surface area contributed by atoms with Crippen LogP contribution in [0.15, 0.2) is 65.7 Å². The van der Waals surface area contributed by atoms with Gasteiger partial charge in [-0.2, -0.15) is 5.10 Å². The zero-order valence-corrected chi connectivity index (χ0v) is 16.7. The van der Waals surface area contributed by atoms with E-state index in [1.54, 1.807) is 23.0 Å². The number of nitrogens with one attached hydrogen (secondary N) is 1. The van der Waals surface area contributed by atoms with Crippen LogP contribution in [-0.2, 0) is 6.54 Å². The molecule has 152 valence electrons. The molecule has 0 saturated carbocycles. The Hall–Kier alpha value is -3.74. The molecule has 4 rings (SSSR count). The lowest BCUT2D eigenvalue weighted by Gasteiger charge is -2.08. The zero-order valence-electron chi connectivity index (χ0n) is 16.7. The minimum absolute atomic E-state index is 0.184. The molecule has 0 aliphatic carbocycles. The van der Waals surface area contributed by atoms with Crippen LogP contribution in [0.4, 0.5) is 4.39 Å². The van der Waals surface area contributed by atoms with Crippen molar-refractivity contribution in [1.29, 1.82) is 0 Å². The Morgan fingerprint density at radius 1 is 1.03 bits per heavy atom. The zero-order chi connectivity index (χ0) is 21.3. The second kappa shape index (κ2) is 7.94. The fraction of sp³-hybridized carbons (Fsp3) is 0.174. The van der Waals surface area contributed by atoms with Gasteiger partial charge in [0, 0.05) is 36.6 Å². The molecule has 0 spiro atoms. The number of hydrogen-bond acceptors (Lipinski definition) is 3. The smallest absolute Gasteiger partial charge is 0.276 e. The van der Waals surface area contributed by atoms with Gasteiger partial charge in [0.15, 0.2) is 0 Å². The van der Waals surface area contributed by atoms with E-state index in [1.807, 2.05) is 19.1 Å². The number of carbonyl (C=O) groups excluding carboxylic acids is 1. The van der Waals surface area contributed by atoms with Crippen LogP contribution in [0.2, 0.25) is 0 Å². The van der Waals surface area contributed by atoms with E-state index >= 15 is 0 Å². The number of fused-ring (bicyclic) bond motifs is 1. The molecular formula is C23H21FN4O2. The van der Waals surface area contributed by atoms with Gasteiger partial charge in [0.2, 0.25) is 0 Å². The quantitative estimate of drug-likeness (QED) is 0.555. The van der Waals surface area contributed by atoms with Gasteiger partial charge in [-0.25, -0.2) is 8.91 Å². The van der Waals surface area contributed by atoms with Crippen molar-refractivity contribution in [1.82, 2.24) is 19.5 Å². The highest BCUT2D eigenvalue weighted by atomic mass is 19.1. The molecule has 1 N–H and O–H groups in total. The molecule has 0 bridgehead atoms. The number of aryl methyl sites for hydroxylation is 2. The van der Waals surface area contributed by atoms with Crippen LogP contribution in [0.5, 0.6) is 0 Å². The lowest BCUT2D eigenvalue weighted by Crippen LogP contribution is -2.31. The van der Waals surface area contributed by atoms with E-state index in [2.05, 4.69) is 23.4 Å². The summed E-state index contributed by atoms with van der Waals surface area (Å²) in [4.78, 5) is 24.9. The first-order chi connectivity index (χ1) is 14.4. The molecule has 2 aromatic carbocycles. The van der Waals surface area contributed by atoms with Crippen LogP contribution in [0.3, 0.4) is 0 Å². The average Bonchev–Trinajstić information content (AvgIpc) is 3.17. The van der Waals surface area contributed by atoms with Gasteiger partial charge < -0.3 is 9.88 Å². The lowest BCUT2D eigenvalue weighted by atomic mass is 10.0. The number of benzene rings is 2. The molecule has 2 aromatic heterocycles. The molecule has 30 heavy (non-hydrogen) atoms. The Labute approximate surface area is 172 Å². The fourth-order valence-electron chi connectivity index (χ4n) is 3.24. The molecule has 0 radical (unpaired) electrons. The summed E-state index contributed by atoms with van der Waals surface area (Å²) in [6.45, 7) is 4.68. The van der Waals surface area contributed by atoms with Crippen LogP contribution in [0, 0.1) is 19.7 Å². The largest absolute Gasteiger partial charge is 0.350 e. The third-order valence-electron chi connectivity index (χ3n) is 5.15. The summed E-state index contributed by atoms with van der Waals surface area (Å²) >= 11 is 0. The third kappa shape index (κ3) is 3.87. The molecule has 0 atom stereocenters. The second-order valence-electron chi connectivity index (χ2n) is 7.22. The Bertz CT molecular complexity index is 1290. The molecule has 0 unspecified atom stereocenters. The van der Waals surface area contributed by atoms with Gasteiger partial charge in [-0.05, 0) is 61.4 Å². The molecule has 0 aliphatic rings. The average molecular weight is 404 g/mol. The Morgan fingerprint density at radius 2 is 1.80 bits per heavy atom. The van der Waals surface area contributed by atoms with Crippen molar-refractivity contribution in [2.45, 2.75) is 20.4 Å². The number of hydrogen-bond donors (Lipinski definition) is 1. The molecule has 2 heterocycles. The maximum atomic E-state index is 13.0. The Kier molecular flexibility index (Phi) is 5.18. The molecule has 0 fully saturated rings. The Balaban J connectivity index is 1.50. The predicted octanol–water partition coefficient (Wildman–Crippen LogP) is 3.35. The van der Waals surface area contributed by atoms with E-state index in [9.17, 15) is 14.0 Å². The van der Waals surface area contributed by atoms with Gasteiger partial charge in [-0.15, -0.1) is 0 Å². The summed E-state index contributed by atoms with van der Waals surface area (Å²) in [5.41, 5.74) is 4.71. The SMILES string of the molecule is Cc1ccc(-c2cc3c(=O)n(CCNC(=O)c4ccc(F)cc4)ccn3n2)cc1C. The molecule has 7 heteroatoms. The minimum atomic E-state index is -0.396. The van der Waals surface area contributed by atoms with Crippen LogP contribution < -0.4 is 10.9 Å². The monoisotopic (exact) mass is 404 g/mol. The van der Waals surface area contributed by atoms with E-state index in [1.165, 1.54) is 40.0 Å². The highest BCUT2D eigenvalue weighted by Gasteiger charge is 2.10. The van der Waals surface area contributed by atoms with Crippen molar-refractivity contribution in [3.63, 3.8) is 0 Å². The second-order valence-corrected chi connectivity index (χ2v) is 7.22. The summed E-state index contributed by atoms with van der Waals surface area (Å²) in [6, 6.07) is 13.2. The molecule has 0 aliphatic heterocycles. The fourth-order valence-corrected chi connectivity index (χ4v) is 3.24. The summed E-state index contributed by atoms with van der Waals surface area (Å²) in [5, 5.41) is 7.26. The highest BCUT2D eigenvalue weighted by molar-refractivity contribution is 5.94. The van der Waals surface area contributed by atoms with Crippen molar-refractivity contribution in [3.8, 4) is 11.3 Å². The normalized spacial score (nSPS) is 11.0. The summed E-state index contributed by atoms with van der Waals surface area (Å²) in [5.74, 6) is -0.710. The maximum Gasteiger partial charge on any atom is 0.276 e. The highest BCUT2D eigenvalue weighted by Crippen LogP contribution is 2.21. The van der Waals surface area contributed by atoms with Gasteiger partial charge >= 0.3 is 0 Å². The van der Waals surface area contributed by atoms with Gasteiger partial charge in [0.1, 0.15) is 11.3 Å². The Morgan fingerprint density at radius 3 is 2.53 bits per heavy atom. The van der Waals surface area contributed by atoms with Crippen molar-refractivity contribution in [2.24, 2.45) is 0 Å². The van der Waals surface area contributed by atoms with E-state index in [4.69, 9.17) is 0 Å². The van der Waals surface area contributed by atoms with Crippen LogP contribution >= 0.6 is 0 Å². The first-order valence-electron chi connectivity index (χ1n) is 9.62. The van der Waals surface area contributed by atoms with Gasteiger partial charge in [0.25, 0.3) is 11.5 Å². The number of halogens is 1. The van der Waals surface area contributed by atoms with E-state index in [0.717, 1.165) is 11.3 Å². The van der Waals surface area contributed by atoms with Crippen molar-refractivity contribution in [3.05, 3.63) is 93.8 Å². The van der Waals surface area contributed by atoms with Crippen LogP contribution in [-0.4, -0.2) is 26.6 Å². The molecule has 1 amide bonds. The van der Waals surface area contributed by atoms with Gasteiger partial charge in [0.05, 0.1) is 5.69 Å². The topological polar surface area (TPSA) is 68.4 Å². The van der Waals surface area contributed by atoms with Crippen molar-refractivity contribution < 1.29 is 9.18 Å². The van der Waals surface area contributed by atoms with Crippen molar-refractivity contribution in [2.75, 3.05) is 6.54 Å². The number of aromatic nitrogens is 3. The van der Waals surface area contributed by atoms with Crippen molar-refractivity contribution >= 4 is 11.4 Å². The summed E-state index contributed by atoms with van der Waals surface area (Å²) < 4.78 is 16.1. The number of nitrogens with zero attached hydrogens (tertiary/aromatic N) is 3. The van der Waals surface area contributed by atoms with E-state index in [0.29, 0.717) is 17.6 Å². The molecular weight excluding hydrogens is 383 g/mol. The molecule has 6 nitrogen and oxygen atoms in total. The first kappa shape index (κ1) is 19.6. The molecule has 4 aromatic rings. The van der Waals surface area contributed by atoms with E-state index < -0.39 is 5.82 Å². The summed E-state index contributed by atoms with van der Waals surface area (Å²) in [7, 11) is 0. The number of rotatable bonds is 5. The first-order valence-corrected chi connectivity index (χ1v) is 9.62. The molecule has 0 saturated heterocycles.